The lowest BCUT2D eigenvalue weighted by Gasteiger charge is -2.03. The van der Waals surface area contributed by atoms with Crippen LogP contribution < -0.4 is 10.6 Å². The number of anilines is 2. The van der Waals surface area contributed by atoms with E-state index in [2.05, 4.69) is 29.3 Å². The summed E-state index contributed by atoms with van der Waals surface area (Å²) in [5.41, 5.74) is 0. The third-order valence-electron chi connectivity index (χ3n) is 2.06. The number of aromatic amines is 1. The van der Waals surface area contributed by atoms with Crippen molar-refractivity contribution in [2.24, 2.45) is 0 Å². The minimum atomic E-state index is 0.811. The van der Waals surface area contributed by atoms with Gasteiger partial charge in [0.15, 0.2) is 11.6 Å². The van der Waals surface area contributed by atoms with Crippen LogP contribution in [0.3, 0.4) is 0 Å². The van der Waals surface area contributed by atoms with Crippen molar-refractivity contribution in [3.05, 3.63) is 18.2 Å². The monoisotopic (exact) mass is 270 g/mol. The van der Waals surface area contributed by atoms with Crippen molar-refractivity contribution in [2.75, 3.05) is 30.0 Å². The number of imidazole rings is 1. The van der Waals surface area contributed by atoms with Crippen LogP contribution >= 0.6 is 23.5 Å². The number of nitrogens with one attached hydrogen (secondary N) is 3. The summed E-state index contributed by atoms with van der Waals surface area (Å²) in [6.45, 7) is 0.867. The molecule has 0 fully saturated rings. The Morgan fingerprint density at radius 3 is 3.06 bits per heavy atom. The van der Waals surface area contributed by atoms with Crippen molar-refractivity contribution in [3.8, 4) is 0 Å². The first-order valence-corrected chi connectivity index (χ1v) is 7.09. The molecule has 0 aliphatic heterocycles. The van der Waals surface area contributed by atoms with Gasteiger partial charge >= 0.3 is 0 Å². The maximum atomic E-state index is 4.16. The van der Waals surface area contributed by atoms with Gasteiger partial charge in [0.05, 0.1) is 17.5 Å². The van der Waals surface area contributed by atoms with Crippen LogP contribution in [-0.4, -0.2) is 38.1 Å². The summed E-state index contributed by atoms with van der Waals surface area (Å²) in [5, 5.41) is 6.24. The highest BCUT2D eigenvalue weighted by Gasteiger charge is 2.04. The molecule has 6 nitrogen and oxygen atoms in total. The zero-order valence-electron chi connectivity index (χ0n) is 9.43. The second-order valence-electron chi connectivity index (χ2n) is 3.23. The second-order valence-corrected chi connectivity index (χ2v) is 4.86. The lowest BCUT2D eigenvalue weighted by molar-refractivity contribution is 1.11. The molecule has 3 N–H and O–H groups in total. The molecule has 0 saturated heterocycles. The topological polar surface area (TPSA) is 78.5 Å². The van der Waals surface area contributed by atoms with Gasteiger partial charge in [0.25, 0.3) is 0 Å². The first-order chi connectivity index (χ1) is 8.40. The molecule has 0 unspecified atom stereocenters. The number of thioether (sulfide) groups is 1. The molecule has 0 spiro atoms. The Kier molecular flexibility index (Phi) is 4.63. The van der Waals surface area contributed by atoms with Gasteiger partial charge in [-0.15, -0.1) is 0 Å². The molecule has 0 aromatic carbocycles. The fourth-order valence-corrected chi connectivity index (χ4v) is 2.53. The van der Waals surface area contributed by atoms with Gasteiger partial charge in [-0.2, -0.15) is 20.5 Å². The van der Waals surface area contributed by atoms with Gasteiger partial charge in [0.2, 0.25) is 0 Å². The van der Waals surface area contributed by atoms with Crippen LogP contribution in [0.15, 0.2) is 12.4 Å². The Balaban J connectivity index is 1.63. The SMILES string of the molecule is CNc1nsnc1NCCSCc1ncc[nH]1. The van der Waals surface area contributed by atoms with Gasteiger partial charge in [-0.25, -0.2) is 4.98 Å². The van der Waals surface area contributed by atoms with Gasteiger partial charge in [0, 0.05) is 31.7 Å². The molecule has 2 aromatic heterocycles. The molecular formula is C9H14N6S2. The predicted octanol–water partition coefficient (Wildman–Crippen LogP) is 1.65. The second kappa shape index (κ2) is 6.45. The largest absolute Gasteiger partial charge is 0.369 e. The van der Waals surface area contributed by atoms with Crippen LogP contribution in [0.25, 0.3) is 0 Å². The quantitative estimate of drug-likeness (QED) is 0.664. The minimum absolute atomic E-state index is 0.811. The zero-order valence-corrected chi connectivity index (χ0v) is 11.1. The lowest BCUT2D eigenvalue weighted by atomic mass is 10.6. The number of H-pyrrole nitrogens is 1. The Bertz CT molecular complexity index is 426. The predicted molar refractivity (Wildman–Crippen MR) is 72.7 cm³/mol. The first kappa shape index (κ1) is 12.2. The van der Waals surface area contributed by atoms with Crippen molar-refractivity contribution in [1.29, 1.82) is 0 Å². The summed E-state index contributed by atoms with van der Waals surface area (Å²) in [5.74, 6) is 4.56. The van der Waals surface area contributed by atoms with Crippen molar-refractivity contribution in [3.63, 3.8) is 0 Å². The van der Waals surface area contributed by atoms with E-state index in [1.54, 1.807) is 6.20 Å². The van der Waals surface area contributed by atoms with Gasteiger partial charge in [0.1, 0.15) is 5.82 Å². The maximum absolute atomic E-state index is 4.16. The van der Waals surface area contributed by atoms with Gasteiger partial charge < -0.3 is 15.6 Å². The Morgan fingerprint density at radius 1 is 1.41 bits per heavy atom. The Hall–Kier alpha value is -1.28. The summed E-state index contributed by atoms with van der Waals surface area (Å²) >= 11 is 3.03. The van der Waals surface area contributed by atoms with Crippen molar-refractivity contribution in [1.82, 2.24) is 18.7 Å². The number of rotatable bonds is 7. The summed E-state index contributed by atoms with van der Waals surface area (Å²) in [4.78, 5) is 7.24. The van der Waals surface area contributed by atoms with E-state index in [4.69, 9.17) is 0 Å². The molecule has 0 saturated carbocycles. The van der Waals surface area contributed by atoms with Crippen molar-refractivity contribution < 1.29 is 0 Å². The number of hydrogen-bond acceptors (Lipinski definition) is 7. The van der Waals surface area contributed by atoms with Crippen LogP contribution in [0.5, 0.6) is 0 Å². The van der Waals surface area contributed by atoms with Gasteiger partial charge in [-0.3, -0.25) is 0 Å². The number of nitrogens with zero attached hydrogens (tertiary/aromatic N) is 3. The van der Waals surface area contributed by atoms with Crippen LogP contribution in [0.1, 0.15) is 5.82 Å². The molecule has 92 valence electrons. The van der Waals surface area contributed by atoms with E-state index in [1.165, 1.54) is 11.7 Å². The highest BCUT2D eigenvalue weighted by Crippen LogP contribution is 2.17. The summed E-state index contributed by atoms with van der Waals surface area (Å²) < 4.78 is 8.27. The van der Waals surface area contributed by atoms with Gasteiger partial charge in [-0.05, 0) is 0 Å². The number of aromatic nitrogens is 4. The summed E-state index contributed by atoms with van der Waals surface area (Å²) in [7, 11) is 1.84. The standard InChI is InChI=1S/C9H14N6S2/c1-10-8-9(15-17-14-8)13-4-5-16-6-7-11-2-3-12-7/h2-3H,4-6H2,1H3,(H,10,14)(H,11,12)(H,13,15). The highest BCUT2D eigenvalue weighted by atomic mass is 32.2. The van der Waals surface area contributed by atoms with E-state index in [0.29, 0.717) is 0 Å². The Morgan fingerprint density at radius 2 is 2.29 bits per heavy atom. The van der Waals surface area contributed by atoms with E-state index in [1.807, 2.05) is 25.0 Å². The normalized spacial score (nSPS) is 10.4. The van der Waals surface area contributed by atoms with E-state index in [-0.39, 0.29) is 0 Å². The lowest BCUT2D eigenvalue weighted by Crippen LogP contribution is -2.06. The van der Waals surface area contributed by atoms with E-state index in [0.717, 1.165) is 35.5 Å². The number of hydrogen-bond donors (Lipinski definition) is 3. The van der Waals surface area contributed by atoms with E-state index < -0.39 is 0 Å². The molecule has 8 heteroatoms. The van der Waals surface area contributed by atoms with Crippen LogP contribution in [0.4, 0.5) is 11.6 Å². The Labute approximate surface area is 108 Å². The highest BCUT2D eigenvalue weighted by molar-refractivity contribution is 7.98. The van der Waals surface area contributed by atoms with Crippen LogP contribution in [-0.2, 0) is 5.75 Å². The average molecular weight is 270 g/mol. The van der Waals surface area contributed by atoms with Crippen molar-refractivity contribution >= 4 is 35.1 Å². The zero-order chi connectivity index (χ0) is 11.9. The smallest absolute Gasteiger partial charge is 0.184 e. The van der Waals surface area contributed by atoms with Gasteiger partial charge in [-0.1, -0.05) is 0 Å². The molecular weight excluding hydrogens is 256 g/mol. The molecule has 0 aliphatic carbocycles. The molecule has 0 atom stereocenters. The average Bonchev–Trinajstić information content (AvgIpc) is 2.98. The van der Waals surface area contributed by atoms with Crippen LogP contribution in [0, 0.1) is 0 Å². The van der Waals surface area contributed by atoms with Crippen molar-refractivity contribution in [2.45, 2.75) is 5.75 Å². The van der Waals surface area contributed by atoms with E-state index in [9.17, 15) is 0 Å². The molecule has 0 amide bonds. The fourth-order valence-electron chi connectivity index (χ4n) is 1.26. The molecule has 2 rings (SSSR count). The summed E-state index contributed by atoms with van der Waals surface area (Å²) in [6, 6.07) is 0. The minimum Gasteiger partial charge on any atom is -0.369 e. The molecule has 0 radical (unpaired) electrons. The molecule has 2 heterocycles. The molecule has 0 bridgehead atoms. The maximum Gasteiger partial charge on any atom is 0.184 e. The third kappa shape index (κ3) is 3.60. The van der Waals surface area contributed by atoms with E-state index >= 15 is 0 Å². The first-order valence-electron chi connectivity index (χ1n) is 5.20. The fraction of sp³-hybridized carbons (Fsp3) is 0.444. The molecule has 17 heavy (non-hydrogen) atoms. The van der Waals surface area contributed by atoms with Crippen LogP contribution in [0.2, 0.25) is 0 Å². The summed E-state index contributed by atoms with van der Waals surface area (Å²) in [6.07, 6.45) is 3.61. The molecule has 0 aliphatic rings. The molecule has 2 aromatic rings. The third-order valence-corrected chi connectivity index (χ3v) is 3.56.